The maximum atomic E-state index is 12.5. The van der Waals surface area contributed by atoms with Crippen LogP contribution in [0, 0.1) is 5.92 Å². The summed E-state index contributed by atoms with van der Waals surface area (Å²) < 4.78 is 52.5. The summed E-state index contributed by atoms with van der Waals surface area (Å²) in [6, 6.07) is 1.21. The second kappa shape index (κ2) is 5.71. The van der Waals surface area contributed by atoms with Gasteiger partial charge in [-0.1, -0.05) is 13.8 Å². The maximum absolute atomic E-state index is 12.5. The first-order valence-electron chi connectivity index (χ1n) is 6.72. The standard InChI is InChI=1S/C12H20N2O5S2/c1-8(2)6-14-7-10-4-3-9-5-11(21(13,17)18)19-12(9)20(10,15)16/h5,8,10,14H,3-4,6-7H2,1-2H3,(H2,13,17,18). The molecule has 1 aliphatic rings. The molecule has 21 heavy (non-hydrogen) atoms. The van der Waals surface area contributed by atoms with Gasteiger partial charge < -0.3 is 9.73 Å². The first kappa shape index (κ1) is 16.5. The van der Waals surface area contributed by atoms with Crippen LogP contribution in [0.25, 0.3) is 0 Å². The van der Waals surface area contributed by atoms with E-state index >= 15 is 0 Å². The number of furan rings is 1. The van der Waals surface area contributed by atoms with Gasteiger partial charge in [-0.3, -0.25) is 0 Å². The number of nitrogens with one attached hydrogen (secondary N) is 1. The third-order valence-electron chi connectivity index (χ3n) is 3.39. The Morgan fingerprint density at radius 2 is 2.14 bits per heavy atom. The molecule has 0 aliphatic carbocycles. The second-order valence-electron chi connectivity index (χ2n) is 5.68. The fourth-order valence-corrected chi connectivity index (χ4v) is 4.67. The molecule has 1 unspecified atom stereocenters. The fraction of sp³-hybridized carbons (Fsp3) is 0.667. The van der Waals surface area contributed by atoms with Crippen molar-refractivity contribution in [1.82, 2.24) is 5.32 Å². The summed E-state index contributed by atoms with van der Waals surface area (Å²) in [5.41, 5.74) is 0.388. The highest BCUT2D eigenvalue weighted by Gasteiger charge is 2.38. The number of aryl methyl sites for hydroxylation is 1. The van der Waals surface area contributed by atoms with Crippen molar-refractivity contribution in [2.45, 2.75) is 42.1 Å². The zero-order valence-corrected chi connectivity index (χ0v) is 13.6. The number of sulfonamides is 1. The van der Waals surface area contributed by atoms with Crippen LogP contribution in [0.1, 0.15) is 25.8 Å². The fourth-order valence-electron chi connectivity index (χ4n) is 2.31. The average Bonchev–Trinajstić information content (AvgIpc) is 2.77. The van der Waals surface area contributed by atoms with Gasteiger partial charge in [0, 0.05) is 18.2 Å². The number of primary sulfonamides is 1. The van der Waals surface area contributed by atoms with Crippen molar-refractivity contribution in [2.24, 2.45) is 11.1 Å². The Morgan fingerprint density at radius 3 is 2.71 bits per heavy atom. The van der Waals surface area contributed by atoms with Gasteiger partial charge in [0.2, 0.25) is 20.0 Å². The first-order chi connectivity index (χ1) is 9.62. The van der Waals surface area contributed by atoms with E-state index in [1.165, 1.54) is 6.07 Å². The van der Waals surface area contributed by atoms with E-state index < -0.39 is 30.2 Å². The summed E-state index contributed by atoms with van der Waals surface area (Å²) in [4.78, 5) is 0. The Kier molecular flexibility index (Phi) is 4.48. The van der Waals surface area contributed by atoms with Crippen LogP contribution in [0.2, 0.25) is 0 Å². The first-order valence-corrected chi connectivity index (χ1v) is 9.81. The molecular formula is C12H20N2O5S2. The molecule has 1 aromatic rings. The molecule has 2 heterocycles. The lowest BCUT2D eigenvalue weighted by Gasteiger charge is -2.22. The van der Waals surface area contributed by atoms with Crippen LogP contribution in [0.3, 0.4) is 0 Å². The van der Waals surface area contributed by atoms with Crippen molar-refractivity contribution in [1.29, 1.82) is 0 Å². The zero-order chi connectivity index (χ0) is 15.8. The predicted octanol–water partition coefficient (Wildman–Crippen LogP) is 0.261. The van der Waals surface area contributed by atoms with Gasteiger partial charge in [0.15, 0.2) is 0 Å². The maximum Gasteiger partial charge on any atom is 0.271 e. The number of hydrogen-bond donors (Lipinski definition) is 2. The Labute approximate surface area is 124 Å². The van der Waals surface area contributed by atoms with Crippen molar-refractivity contribution in [2.75, 3.05) is 13.1 Å². The Morgan fingerprint density at radius 1 is 1.48 bits per heavy atom. The van der Waals surface area contributed by atoms with Crippen molar-refractivity contribution < 1.29 is 21.3 Å². The quantitative estimate of drug-likeness (QED) is 0.796. The number of fused-ring (bicyclic) bond motifs is 1. The minimum atomic E-state index is -4.04. The second-order valence-corrected chi connectivity index (χ2v) is 9.30. The van der Waals surface area contributed by atoms with Crippen LogP contribution in [-0.2, 0) is 26.3 Å². The van der Waals surface area contributed by atoms with Crippen molar-refractivity contribution in [3.63, 3.8) is 0 Å². The van der Waals surface area contributed by atoms with Crippen LogP contribution in [0.5, 0.6) is 0 Å². The highest BCUT2D eigenvalue weighted by Crippen LogP contribution is 2.33. The Balaban J connectivity index is 2.25. The van der Waals surface area contributed by atoms with E-state index in [4.69, 9.17) is 9.56 Å². The molecule has 0 saturated carbocycles. The van der Waals surface area contributed by atoms with Crippen LogP contribution >= 0.6 is 0 Å². The van der Waals surface area contributed by atoms with E-state index in [9.17, 15) is 16.8 Å². The molecule has 7 nitrogen and oxygen atoms in total. The monoisotopic (exact) mass is 336 g/mol. The molecule has 0 bridgehead atoms. The van der Waals surface area contributed by atoms with Crippen LogP contribution in [0.4, 0.5) is 0 Å². The number of rotatable bonds is 5. The SMILES string of the molecule is CC(C)CNCC1CCc2cc(S(N)(=O)=O)oc2S1(=O)=O. The Hall–Kier alpha value is -0.900. The molecule has 1 aromatic heterocycles. The highest BCUT2D eigenvalue weighted by atomic mass is 32.2. The molecule has 0 radical (unpaired) electrons. The topological polar surface area (TPSA) is 119 Å². The lowest BCUT2D eigenvalue weighted by molar-refractivity contribution is 0.359. The summed E-state index contributed by atoms with van der Waals surface area (Å²) in [5, 5.41) is 6.73. The summed E-state index contributed by atoms with van der Waals surface area (Å²) in [6.07, 6.45) is 0.894. The molecular weight excluding hydrogens is 316 g/mol. The molecule has 1 aliphatic heterocycles. The molecule has 0 spiro atoms. The van der Waals surface area contributed by atoms with E-state index in [1.807, 2.05) is 13.8 Å². The smallest absolute Gasteiger partial charge is 0.271 e. The van der Waals surface area contributed by atoms with Gasteiger partial charge in [-0.25, -0.2) is 22.0 Å². The third-order valence-corrected chi connectivity index (χ3v) is 6.29. The molecule has 3 N–H and O–H groups in total. The number of sulfone groups is 1. The van der Waals surface area contributed by atoms with Gasteiger partial charge in [0.05, 0.1) is 5.25 Å². The lowest BCUT2D eigenvalue weighted by Crippen LogP contribution is -2.37. The zero-order valence-electron chi connectivity index (χ0n) is 12.0. The molecule has 0 fully saturated rings. The minimum Gasteiger partial charge on any atom is -0.432 e. The third kappa shape index (κ3) is 3.47. The summed E-state index contributed by atoms with van der Waals surface area (Å²) in [6.45, 7) is 5.11. The molecule has 0 amide bonds. The molecule has 9 heteroatoms. The summed E-state index contributed by atoms with van der Waals surface area (Å²) >= 11 is 0. The van der Waals surface area contributed by atoms with Gasteiger partial charge in [-0.2, -0.15) is 0 Å². The van der Waals surface area contributed by atoms with Gasteiger partial charge >= 0.3 is 0 Å². The highest BCUT2D eigenvalue weighted by molar-refractivity contribution is 7.92. The normalized spacial score (nSPS) is 21.4. The predicted molar refractivity (Wildman–Crippen MR) is 77.1 cm³/mol. The minimum absolute atomic E-state index is 0.255. The van der Waals surface area contributed by atoms with Gasteiger partial charge in [0.25, 0.3) is 10.0 Å². The number of nitrogens with two attached hydrogens (primary N) is 1. The van der Waals surface area contributed by atoms with Crippen LogP contribution in [0.15, 0.2) is 20.7 Å². The summed E-state index contributed by atoms with van der Waals surface area (Å²) in [7, 11) is -7.71. The van der Waals surface area contributed by atoms with Crippen molar-refractivity contribution in [3.05, 3.63) is 11.6 Å². The van der Waals surface area contributed by atoms with Crippen molar-refractivity contribution >= 4 is 19.9 Å². The molecule has 1 atom stereocenters. The van der Waals surface area contributed by atoms with Gasteiger partial charge in [-0.15, -0.1) is 0 Å². The molecule has 0 saturated heterocycles. The van der Waals surface area contributed by atoms with Gasteiger partial charge in [0.1, 0.15) is 0 Å². The van der Waals surface area contributed by atoms with E-state index in [-0.39, 0.29) is 5.09 Å². The molecule has 120 valence electrons. The van der Waals surface area contributed by atoms with Crippen molar-refractivity contribution in [3.8, 4) is 0 Å². The largest absolute Gasteiger partial charge is 0.432 e. The molecule has 2 rings (SSSR count). The van der Waals surface area contributed by atoms with Crippen LogP contribution < -0.4 is 10.5 Å². The summed E-state index contributed by atoms with van der Waals surface area (Å²) in [5.74, 6) is 0.421. The van der Waals surface area contributed by atoms with E-state index in [0.29, 0.717) is 30.9 Å². The van der Waals surface area contributed by atoms with E-state index in [0.717, 1.165) is 6.54 Å². The average molecular weight is 336 g/mol. The Bertz CT molecular complexity index is 719. The number of hydrogen-bond acceptors (Lipinski definition) is 6. The van der Waals surface area contributed by atoms with E-state index in [2.05, 4.69) is 5.32 Å². The van der Waals surface area contributed by atoms with Gasteiger partial charge in [-0.05, 0) is 25.3 Å². The van der Waals surface area contributed by atoms with E-state index in [1.54, 1.807) is 0 Å². The lowest BCUT2D eigenvalue weighted by atomic mass is 10.1. The molecule has 0 aromatic carbocycles. The van der Waals surface area contributed by atoms with Crippen LogP contribution in [-0.4, -0.2) is 35.2 Å².